The van der Waals surface area contributed by atoms with Gasteiger partial charge in [0.25, 0.3) is 5.95 Å². The number of anilines is 1. The summed E-state index contributed by atoms with van der Waals surface area (Å²) in [4.78, 5) is 6.98. The lowest BCUT2D eigenvalue weighted by molar-refractivity contribution is 0.220. The zero-order valence-electron chi connectivity index (χ0n) is 12.3. The highest BCUT2D eigenvalue weighted by Gasteiger charge is 2.38. The maximum absolute atomic E-state index is 6.04. The molecule has 1 aliphatic heterocycles. The van der Waals surface area contributed by atoms with Crippen molar-refractivity contribution in [2.45, 2.75) is 63.2 Å². The lowest BCUT2D eigenvalue weighted by Gasteiger charge is -2.32. The Hall–Kier alpha value is -1.10. The van der Waals surface area contributed by atoms with Gasteiger partial charge in [0.05, 0.1) is 5.41 Å². The fourth-order valence-corrected chi connectivity index (χ4v) is 3.56. The molecule has 20 heavy (non-hydrogen) atoms. The van der Waals surface area contributed by atoms with Crippen LogP contribution < -0.4 is 10.6 Å². The molecule has 0 radical (unpaired) electrons. The van der Waals surface area contributed by atoms with Gasteiger partial charge < -0.3 is 15.2 Å². The van der Waals surface area contributed by atoms with Crippen LogP contribution in [0, 0.1) is 0 Å². The van der Waals surface area contributed by atoms with Gasteiger partial charge in [-0.3, -0.25) is 0 Å². The number of aromatic nitrogens is 2. The Morgan fingerprint density at radius 3 is 2.30 bits per heavy atom. The van der Waals surface area contributed by atoms with Crippen LogP contribution in [0.5, 0.6) is 0 Å². The highest BCUT2D eigenvalue weighted by Crippen LogP contribution is 2.38. The van der Waals surface area contributed by atoms with Crippen molar-refractivity contribution in [2.75, 3.05) is 24.5 Å². The van der Waals surface area contributed by atoms with E-state index in [1.54, 1.807) is 0 Å². The first-order valence-corrected chi connectivity index (χ1v) is 8.13. The van der Waals surface area contributed by atoms with Crippen molar-refractivity contribution in [2.24, 2.45) is 5.73 Å². The van der Waals surface area contributed by atoms with Crippen molar-refractivity contribution in [1.82, 2.24) is 10.1 Å². The van der Waals surface area contributed by atoms with E-state index in [0.717, 1.165) is 37.8 Å². The van der Waals surface area contributed by atoms with E-state index in [4.69, 9.17) is 15.2 Å². The summed E-state index contributed by atoms with van der Waals surface area (Å²) in [6, 6.07) is 0. The molecule has 5 heteroatoms. The first-order valence-electron chi connectivity index (χ1n) is 8.13. The highest BCUT2D eigenvalue weighted by atomic mass is 16.5. The van der Waals surface area contributed by atoms with Crippen LogP contribution in [-0.2, 0) is 5.41 Å². The van der Waals surface area contributed by atoms with E-state index in [-0.39, 0.29) is 5.41 Å². The van der Waals surface area contributed by atoms with Crippen LogP contribution in [0.4, 0.5) is 5.95 Å². The third-order valence-corrected chi connectivity index (χ3v) is 4.96. The maximum atomic E-state index is 6.04. The molecule has 3 rings (SSSR count). The average molecular weight is 278 g/mol. The molecule has 2 aliphatic rings. The molecule has 112 valence electrons. The van der Waals surface area contributed by atoms with Crippen LogP contribution >= 0.6 is 0 Å². The Morgan fingerprint density at radius 2 is 1.65 bits per heavy atom. The van der Waals surface area contributed by atoms with Crippen LogP contribution in [0.1, 0.15) is 63.7 Å². The fraction of sp³-hybridized carbons (Fsp3) is 0.867. The molecule has 1 saturated carbocycles. The summed E-state index contributed by atoms with van der Waals surface area (Å²) >= 11 is 0. The van der Waals surface area contributed by atoms with Gasteiger partial charge in [-0.15, -0.1) is 0 Å². The Morgan fingerprint density at radius 1 is 1.00 bits per heavy atom. The normalized spacial score (nSPS) is 23.6. The molecular weight excluding hydrogens is 252 g/mol. The largest absolute Gasteiger partial charge is 0.338 e. The zero-order valence-corrected chi connectivity index (χ0v) is 12.3. The maximum Gasteiger partial charge on any atom is 0.266 e. The summed E-state index contributed by atoms with van der Waals surface area (Å²) in [6.45, 7) is 2.72. The van der Waals surface area contributed by atoms with Crippen LogP contribution in [0.2, 0.25) is 0 Å². The first-order chi connectivity index (χ1) is 9.84. The lowest BCUT2D eigenvalue weighted by Crippen LogP contribution is -2.37. The Kier molecular flexibility index (Phi) is 4.24. The van der Waals surface area contributed by atoms with Crippen LogP contribution in [0.3, 0.4) is 0 Å². The van der Waals surface area contributed by atoms with E-state index in [9.17, 15) is 0 Å². The molecule has 2 N–H and O–H groups in total. The Bertz CT molecular complexity index is 417. The number of hydrogen-bond acceptors (Lipinski definition) is 5. The average Bonchev–Trinajstić information content (AvgIpc) is 2.85. The minimum atomic E-state index is -0.0602. The van der Waals surface area contributed by atoms with Gasteiger partial charge >= 0.3 is 0 Å². The lowest BCUT2D eigenvalue weighted by atomic mass is 9.74. The molecule has 0 atom stereocenters. The van der Waals surface area contributed by atoms with Crippen LogP contribution in [0.25, 0.3) is 0 Å². The summed E-state index contributed by atoms with van der Waals surface area (Å²) in [5.74, 6) is 1.55. The number of nitrogens with two attached hydrogens (primary N) is 1. The van der Waals surface area contributed by atoms with Gasteiger partial charge in [0, 0.05) is 19.6 Å². The van der Waals surface area contributed by atoms with Crippen LogP contribution in [-0.4, -0.2) is 29.8 Å². The second-order valence-electron chi connectivity index (χ2n) is 6.35. The van der Waals surface area contributed by atoms with Crippen molar-refractivity contribution < 1.29 is 4.52 Å². The molecule has 1 aromatic heterocycles. The van der Waals surface area contributed by atoms with Gasteiger partial charge in [0.15, 0.2) is 0 Å². The number of nitrogens with zero attached hydrogens (tertiary/aromatic N) is 3. The summed E-state index contributed by atoms with van der Waals surface area (Å²) in [6.07, 6.45) is 11.0. The van der Waals surface area contributed by atoms with Crippen molar-refractivity contribution in [3.8, 4) is 0 Å². The minimum absolute atomic E-state index is 0.0602. The summed E-state index contributed by atoms with van der Waals surface area (Å²) in [5.41, 5.74) is 5.98. The topological polar surface area (TPSA) is 68.2 Å². The van der Waals surface area contributed by atoms with Gasteiger partial charge in [-0.2, -0.15) is 4.98 Å². The predicted octanol–water partition coefficient (Wildman–Crippen LogP) is 2.61. The van der Waals surface area contributed by atoms with Gasteiger partial charge in [-0.25, -0.2) is 0 Å². The Labute approximate surface area is 120 Å². The van der Waals surface area contributed by atoms with Gasteiger partial charge in [0.2, 0.25) is 5.89 Å². The molecule has 1 aliphatic carbocycles. The van der Waals surface area contributed by atoms with E-state index in [1.165, 1.54) is 44.9 Å². The fourth-order valence-electron chi connectivity index (χ4n) is 3.56. The SMILES string of the molecule is NCC1(c2nc(N3CCCCCC3)no2)CCCCC1. The van der Waals surface area contributed by atoms with Crippen molar-refractivity contribution in [3.05, 3.63) is 5.89 Å². The zero-order chi connectivity index (χ0) is 13.8. The molecule has 1 saturated heterocycles. The monoisotopic (exact) mass is 278 g/mol. The van der Waals surface area contributed by atoms with E-state index < -0.39 is 0 Å². The molecule has 2 fully saturated rings. The molecule has 0 unspecified atom stereocenters. The molecule has 5 nitrogen and oxygen atoms in total. The highest BCUT2D eigenvalue weighted by molar-refractivity contribution is 5.29. The number of hydrogen-bond donors (Lipinski definition) is 1. The molecule has 0 spiro atoms. The van der Waals surface area contributed by atoms with E-state index in [0.29, 0.717) is 6.54 Å². The minimum Gasteiger partial charge on any atom is -0.338 e. The third-order valence-electron chi connectivity index (χ3n) is 4.96. The summed E-state index contributed by atoms with van der Waals surface area (Å²) in [5, 5.41) is 4.23. The second-order valence-corrected chi connectivity index (χ2v) is 6.35. The Balaban J connectivity index is 1.77. The molecule has 0 amide bonds. The van der Waals surface area contributed by atoms with E-state index >= 15 is 0 Å². The van der Waals surface area contributed by atoms with Gasteiger partial charge in [0.1, 0.15) is 0 Å². The first kappa shape index (κ1) is 13.9. The molecule has 2 heterocycles. The van der Waals surface area contributed by atoms with E-state index in [1.807, 2.05) is 0 Å². The van der Waals surface area contributed by atoms with Crippen LogP contribution in [0.15, 0.2) is 4.52 Å². The molecule has 0 bridgehead atoms. The van der Waals surface area contributed by atoms with Gasteiger partial charge in [-0.1, -0.05) is 32.1 Å². The molecular formula is C15H26N4O. The van der Waals surface area contributed by atoms with Crippen molar-refractivity contribution in [1.29, 1.82) is 0 Å². The standard InChI is InChI=1S/C15H26N4O/c16-12-15(8-4-3-5-9-15)13-17-14(18-20-13)19-10-6-1-2-7-11-19/h1-12,16H2. The van der Waals surface area contributed by atoms with E-state index in [2.05, 4.69) is 10.1 Å². The summed E-state index contributed by atoms with van der Waals surface area (Å²) < 4.78 is 5.61. The van der Waals surface area contributed by atoms with Gasteiger partial charge in [-0.05, 0) is 30.8 Å². The predicted molar refractivity (Wildman–Crippen MR) is 78.8 cm³/mol. The molecule has 0 aromatic carbocycles. The quantitative estimate of drug-likeness (QED) is 0.920. The summed E-state index contributed by atoms with van der Waals surface area (Å²) in [7, 11) is 0. The molecule has 1 aromatic rings. The van der Waals surface area contributed by atoms with Crippen molar-refractivity contribution >= 4 is 5.95 Å². The smallest absolute Gasteiger partial charge is 0.266 e. The third kappa shape index (κ3) is 2.68. The second kappa shape index (κ2) is 6.12. The number of rotatable bonds is 3. The van der Waals surface area contributed by atoms with Crippen molar-refractivity contribution in [3.63, 3.8) is 0 Å².